The zero-order valence-electron chi connectivity index (χ0n) is 17.5. The number of carbonyl (C=O) groups is 2. The molecule has 2 aromatic carbocycles. The van der Waals surface area contributed by atoms with E-state index in [2.05, 4.69) is 15.5 Å². The van der Waals surface area contributed by atoms with Gasteiger partial charge in [-0.05, 0) is 56.6 Å². The minimum Gasteiger partial charge on any atom is -0.354 e. The monoisotopic (exact) mass is 467 g/mol. The summed E-state index contributed by atoms with van der Waals surface area (Å²) < 4.78 is 41.1. The van der Waals surface area contributed by atoms with Crippen LogP contribution in [0.15, 0.2) is 36.4 Å². The Labute approximate surface area is 189 Å². The van der Waals surface area contributed by atoms with Gasteiger partial charge in [0, 0.05) is 36.2 Å². The molecule has 9 heteroatoms. The van der Waals surface area contributed by atoms with Crippen molar-refractivity contribution in [3.8, 4) is 0 Å². The summed E-state index contributed by atoms with van der Waals surface area (Å²) in [5.41, 5.74) is 0.121. The molecule has 0 saturated carbocycles. The van der Waals surface area contributed by atoms with Gasteiger partial charge in [0.25, 0.3) is 5.91 Å². The highest BCUT2D eigenvalue weighted by Crippen LogP contribution is 2.32. The molecule has 1 atom stereocenters. The predicted molar refractivity (Wildman–Crippen MR) is 116 cm³/mol. The van der Waals surface area contributed by atoms with Crippen LogP contribution in [0.2, 0.25) is 5.02 Å². The maximum absolute atomic E-state index is 14.5. The van der Waals surface area contributed by atoms with Crippen LogP contribution in [0.4, 0.5) is 13.2 Å². The Morgan fingerprint density at radius 1 is 1.03 bits per heavy atom. The number of hydrogen-bond donors (Lipinski definition) is 2. The highest BCUT2D eigenvalue weighted by atomic mass is 35.5. The van der Waals surface area contributed by atoms with Crippen molar-refractivity contribution in [1.29, 1.82) is 0 Å². The SMILES string of the molecule is O=C(CCCNC(=O)c1ccc(F)cc1F)NCC(c1c(F)cccc1Cl)N1CCCC1. The van der Waals surface area contributed by atoms with Crippen molar-refractivity contribution in [2.24, 2.45) is 0 Å². The second-order valence-corrected chi connectivity index (χ2v) is 8.09. The fourth-order valence-corrected chi connectivity index (χ4v) is 4.10. The third-order valence-electron chi connectivity index (χ3n) is 5.45. The van der Waals surface area contributed by atoms with Gasteiger partial charge in [0.2, 0.25) is 5.91 Å². The van der Waals surface area contributed by atoms with Crippen LogP contribution in [-0.2, 0) is 4.79 Å². The second kappa shape index (κ2) is 11.3. The third-order valence-corrected chi connectivity index (χ3v) is 5.78. The number of likely N-dealkylation sites (tertiary alicyclic amines) is 1. The standard InChI is InChI=1S/C23H25ClF3N3O2/c24-17-5-3-6-18(26)22(17)20(30-11-1-2-12-30)14-29-21(31)7-4-10-28-23(32)16-9-8-15(25)13-19(16)27/h3,5-6,8-9,13,20H,1-2,4,7,10-12,14H2,(H,28,32)(H,29,31). The van der Waals surface area contributed by atoms with Gasteiger partial charge in [-0.25, -0.2) is 13.2 Å². The molecule has 0 aliphatic carbocycles. The molecule has 1 heterocycles. The first kappa shape index (κ1) is 24.1. The van der Waals surface area contributed by atoms with Crippen molar-refractivity contribution < 1.29 is 22.8 Å². The van der Waals surface area contributed by atoms with Crippen LogP contribution in [0.1, 0.15) is 47.6 Å². The normalized spacial score (nSPS) is 14.9. The first-order valence-electron chi connectivity index (χ1n) is 10.5. The maximum atomic E-state index is 14.5. The molecule has 5 nitrogen and oxygen atoms in total. The Kier molecular flexibility index (Phi) is 8.53. The summed E-state index contributed by atoms with van der Waals surface area (Å²) in [7, 11) is 0. The van der Waals surface area contributed by atoms with E-state index in [1.807, 2.05) is 0 Å². The quantitative estimate of drug-likeness (QED) is 0.543. The van der Waals surface area contributed by atoms with Crippen LogP contribution in [0.5, 0.6) is 0 Å². The number of rotatable bonds is 9. The first-order chi connectivity index (χ1) is 15.4. The molecule has 2 amide bonds. The fourth-order valence-electron chi connectivity index (χ4n) is 3.81. The van der Waals surface area contributed by atoms with Crippen molar-refractivity contribution in [3.63, 3.8) is 0 Å². The van der Waals surface area contributed by atoms with E-state index in [9.17, 15) is 22.8 Å². The summed E-state index contributed by atoms with van der Waals surface area (Å²) in [6.07, 6.45) is 2.47. The lowest BCUT2D eigenvalue weighted by Gasteiger charge is -2.29. The number of halogens is 4. The molecule has 172 valence electrons. The average molecular weight is 468 g/mol. The largest absolute Gasteiger partial charge is 0.354 e. The van der Waals surface area contributed by atoms with Gasteiger partial charge >= 0.3 is 0 Å². The Balaban J connectivity index is 1.48. The molecule has 2 aromatic rings. The minimum atomic E-state index is -0.944. The molecule has 0 radical (unpaired) electrons. The molecule has 3 rings (SSSR count). The Morgan fingerprint density at radius 2 is 1.78 bits per heavy atom. The molecule has 1 saturated heterocycles. The summed E-state index contributed by atoms with van der Waals surface area (Å²) in [6.45, 7) is 1.97. The molecule has 1 unspecified atom stereocenters. The molecular formula is C23H25ClF3N3O2. The molecule has 0 aromatic heterocycles. The zero-order chi connectivity index (χ0) is 23.1. The van der Waals surface area contributed by atoms with Gasteiger partial charge in [0.1, 0.15) is 17.5 Å². The van der Waals surface area contributed by atoms with E-state index in [4.69, 9.17) is 11.6 Å². The molecular weight excluding hydrogens is 443 g/mol. The molecule has 1 aliphatic heterocycles. The van der Waals surface area contributed by atoms with Crippen molar-refractivity contribution >= 4 is 23.4 Å². The number of nitrogens with zero attached hydrogens (tertiary/aromatic N) is 1. The summed E-state index contributed by atoms with van der Waals surface area (Å²) in [5.74, 6) is -3.03. The highest BCUT2D eigenvalue weighted by Gasteiger charge is 2.28. The van der Waals surface area contributed by atoms with Crippen molar-refractivity contribution in [2.45, 2.75) is 31.7 Å². The molecule has 1 aliphatic rings. The topological polar surface area (TPSA) is 61.4 Å². The van der Waals surface area contributed by atoms with E-state index in [1.165, 1.54) is 6.07 Å². The van der Waals surface area contributed by atoms with E-state index in [0.717, 1.165) is 38.1 Å². The van der Waals surface area contributed by atoms with Gasteiger partial charge < -0.3 is 10.6 Å². The highest BCUT2D eigenvalue weighted by molar-refractivity contribution is 6.31. The number of hydrogen-bond acceptors (Lipinski definition) is 3. The average Bonchev–Trinajstić information content (AvgIpc) is 3.27. The van der Waals surface area contributed by atoms with Crippen LogP contribution in [-0.4, -0.2) is 42.9 Å². The minimum absolute atomic E-state index is 0.129. The lowest BCUT2D eigenvalue weighted by molar-refractivity contribution is -0.121. The van der Waals surface area contributed by atoms with Crippen LogP contribution in [0.3, 0.4) is 0 Å². The van der Waals surface area contributed by atoms with E-state index < -0.39 is 23.4 Å². The van der Waals surface area contributed by atoms with E-state index >= 15 is 0 Å². The van der Waals surface area contributed by atoms with Crippen LogP contribution in [0, 0.1) is 17.5 Å². The molecule has 1 fully saturated rings. The van der Waals surface area contributed by atoms with Crippen LogP contribution in [0.25, 0.3) is 0 Å². The number of nitrogens with one attached hydrogen (secondary N) is 2. The van der Waals surface area contributed by atoms with E-state index in [1.54, 1.807) is 12.1 Å². The smallest absolute Gasteiger partial charge is 0.254 e. The third kappa shape index (κ3) is 6.23. The summed E-state index contributed by atoms with van der Waals surface area (Å²) in [5, 5.41) is 5.66. The number of benzene rings is 2. The first-order valence-corrected chi connectivity index (χ1v) is 10.9. The Morgan fingerprint density at radius 3 is 2.47 bits per heavy atom. The Hall–Kier alpha value is -2.58. The van der Waals surface area contributed by atoms with Gasteiger partial charge in [-0.1, -0.05) is 17.7 Å². The van der Waals surface area contributed by atoms with Gasteiger partial charge in [-0.2, -0.15) is 0 Å². The van der Waals surface area contributed by atoms with E-state index in [0.29, 0.717) is 23.1 Å². The summed E-state index contributed by atoms with van der Waals surface area (Å²) in [6, 6.07) is 6.89. The molecule has 32 heavy (non-hydrogen) atoms. The van der Waals surface area contributed by atoms with Crippen molar-refractivity contribution in [1.82, 2.24) is 15.5 Å². The van der Waals surface area contributed by atoms with Crippen molar-refractivity contribution in [2.75, 3.05) is 26.2 Å². The van der Waals surface area contributed by atoms with Crippen LogP contribution < -0.4 is 10.6 Å². The summed E-state index contributed by atoms with van der Waals surface area (Å²) in [4.78, 5) is 26.4. The lowest BCUT2D eigenvalue weighted by Crippen LogP contribution is -2.37. The van der Waals surface area contributed by atoms with Gasteiger partial charge in [-0.3, -0.25) is 14.5 Å². The molecule has 0 bridgehead atoms. The Bertz CT molecular complexity index is 947. The van der Waals surface area contributed by atoms with Crippen molar-refractivity contribution in [3.05, 3.63) is 70.0 Å². The van der Waals surface area contributed by atoms with Gasteiger partial charge in [-0.15, -0.1) is 0 Å². The summed E-state index contributed by atoms with van der Waals surface area (Å²) >= 11 is 6.25. The number of amides is 2. The van der Waals surface area contributed by atoms with Crippen LogP contribution >= 0.6 is 11.6 Å². The number of carbonyl (C=O) groups excluding carboxylic acids is 2. The maximum Gasteiger partial charge on any atom is 0.254 e. The molecule has 2 N–H and O–H groups in total. The predicted octanol–water partition coefficient (Wildman–Crippen LogP) is 4.22. The van der Waals surface area contributed by atoms with Gasteiger partial charge in [0.05, 0.1) is 11.6 Å². The van der Waals surface area contributed by atoms with E-state index in [-0.39, 0.29) is 37.0 Å². The van der Waals surface area contributed by atoms with Gasteiger partial charge in [0.15, 0.2) is 0 Å². The molecule has 0 spiro atoms. The zero-order valence-corrected chi connectivity index (χ0v) is 18.2. The second-order valence-electron chi connectivity index (χ2n) is 7.68. The fraction of sp³-hybridized carbons (Fsp3) is 0.391. The lowest BCUT2D eigenvalue weighted by atomic mass is 10.0.